The number of para-hydroxylation sites is 1. The van der Waals surface area contributed by atoms with Gasteiger partial charge in [0.1, 0.15) is 0 Å². The predicted octanol–water partition coefficient (Wildman–Crippen LogP) is 2.56. The van der Waals surface area contributed by atoms with Gasteiger partial charge in [-0.05, 0) is 6.07 Å². The summed E-state index contributed by atoms with van der Waals surface area (Å²) in [6.07, 6.45) is -0.863. The fourth-order valence-electron chi connectivity index (χ4n) is 1.25. The Kier molecular flexibility index (Phi) is 5.35. The predicted molar refractivity (Wildman–Crippen MR) is 70.4 cm³/mol. The highest BCUT2D eigenvalue weighted by Gasteiger charge is 2.10. The number of alkyl halides is 1. The van der Waals surface area contributed by atoms with Crippen LogP contribution in [0, 0.1) is 0 Å². The lowest BCUT2D eigenvalue weighted by molar-refractivity contribution is -0.0764. The molecule has 0 saturated heterocycles. The van der Waals surface area contributed by atoms with Crippen LogP contribution in [0.1, 0.15) is 18.8 Å². The van der Waals surface area contributed by atoms with Crippen LogP contribution >= 0.6 is 22.6 Å². The molecule has 0 aromatic heterocycles. The van der Waals surface area contributed by atoms with Crippen LogP contribution in [0.2, 0.25) is 0 Å². The minimum absolute atomic E-state index is 0.537. The summed E-state index contributed by atoms with van der Waals surface area (Å²) < 4.78 is 5.43. The van der Waals surface area contributed by atoms with Crippen molar-refractivity contribution in [2.24, 2.45) is 0 Å². The lowest BCUT2D eigenvalue weighted by Crippen LogP contribution is -2.13. The molecule has 0 radical (unpaired) electrons. The average Bonchev–Trinajstić information content (AvgIpc) is 2.25. The van der Waals surface area contributed by atoms with Gasteiger partial charge in [0.05, 0.1) is 0 Å². The van der Waals surface area contributed by atoms with E-state index in [1.807, 2.05) is 24.3 Å². The minimum atomic E-state index is -0.863. The second kappa shape index (κ2) is 6.30. The zero-order valence-corrected chi connectivity index (χ0v) is 11.1. The van der Waals surface area contributed by atoms with Gasteiger partial charge in [0.25, 0.3) is 0 Å². The maximum atomic E-state index is 9.61. The minimum Gasteiger partial charge on any atom is -0.384 e. The van der Waals surface area contributed by atoms with E-state index in [1.54, 1.807) is 0 Å². The number of aliphatic hydroxyl groups excluding tert-OH is 1. The molecular formula is C11H16INO2. The van der Waals surface area contributed by atoms with E-state index in [2.05, 4.69) is 34.8 Å². The van der Waals surface area contributed by atoms with E-state index >= 15 is 0 Å². The van der Waals surface area contributed by atoms with E-state index in [4.69, 9.17) is 4.74 Å². The molecule has 0 amide bonds. The molecule has 2 unspecified atom stereocenters. The van der Waals surface area contributed by atoms with Crippen LogP contribution in [0.25, 0.3) is 0 Å². The first-order chi connectivity index (χ1) is 7.15. The second-order valence-electron chi connectivity index (χ2n) is 3.34. The van der Waals surface area contributed by atoms with E-state index in [9.17, 15) is 5.11 Å². The van der Waals surface area contributed by atoms with Crippen LogP contribution in [-0.2, 0) is 4.74 Å². The average molecular weight is 321 g/mol. The van der Waals surface area contributed by atoms with Crippen LogP contribution in [0.4, 0.5) is 5.69 Å². The van der Waals surface area contributed by atoms with Gasteiger partial charge in [-0.2, -0.15) is 0 Å². The number of anilines is 1. The van der Waals surface area contributed by atoms with Gasteiger partial charge >= 0.3 is 0 Å². The van der Waals surface area contributed by atoms with Crippen LogP contribution in [-0.4, -0.2) is 22.7 Å². The molecular weight excluding hydrogens is 305 g/mol. The molecule has 0 aliphatic heterocycles. The van der Waals surface area contributed by atoms with E-state index in [0.29, 0.717) is 3.92 Å². The number of hydrogen-bond donors (Lipinski definition) is 2. The van der Waals surface area contributed by atoms with Gasteiger partial charge in [-0.1, -0.05) is 47.7 Å². The molecule has 2 N–H and O–H groups in total. The number of halogens is 1. The molecule has 84 valence electrons. The van der Waals surface area contributed by atoms with Crippen molar-refractivity contribution < 1.29 is 9.84 Å². The molecule has 1 rings (SSSR count). The third-order valence-corrected chi connectivity index (χ3v) is 2.46. The molecule has 0 aliphatic rings. The summed E-state index contributed by atoms with van der Waals surface area (Å²) in [5, 5.41) is 12.9. The zero-order chi connectivity index (χ0) is 11.3. The quantitative estimate of drug-likeness (QED) is 0.498. The molecule has 0 bridgehead atoms. The number of nitrogens with one attached hydrogen (secondary N) is 1. The van der Waals surface area contributed by atoms with Crippen LogP contribution in [0.15, 0.2) is 24.3 Å². The van der Waals surface area contributed by atoms with E-state index in [-0.39, 0.29) is 0 Å². The number of aliphatic hydroxyl groups is 1. The first-order valence-electron chi connectivity index (χ1n) is 4.83. The van der Waals surface area contributed by atoms with Crippen molar-refractivity contribution in [2.75, 3.05) is 19.0 Å². The fourth-order valence-corrected chi connectivity index (χ4v) is 1.47. The second-order valence-corrected chi connectivity index (χ2v) is 5.46. The molecule has 0 spiro atoms. The van der Waals surface area contributed by atoms with E-state index < -0.39 is 6.29 Å². The largest absolute Gasteiger partial charge is 0.384 e. The molecule has 0 aliphatic carbocycles. The molecule has 0 saturated carbocycles. The van der Waals surface area contributed by atoms with Gasteiger partial charge in [0.2, 0.25) is 0 Å². The molecule has 0 heterocycles. The van der Waals surface area contributed by atoms with Crippen molar-refractivity contribution in [1.82, 2.24) is 0 Å². The van der Waals surface area contributed by atoms with Crippen molar-refractivity contribution in [1.29, 1.82) is 0 Å². The Morgan fingerprint density at radius 2 is 2.13 bits per heavy atom. The number of benzene rings is 1. The summed E-state index contributed by atoms with van der Waals surface area (Å²) in [4.78, 5) is 0. The Balaban J connectivity index is 2.77. The lowest BCUT2D eigenvalue weighted by Gasteiger charge is -2.16. The van der Waals surface area contributed by atoms with Crippen LogP contribution in [0.5, 0.6) is 0 Å². The molecule has 2 atom stereocenters. The van der Waals surface area contributed by atoms with Crippen molar-refractivity contribution >= 4 is 28.3 Å². The molecule has 15 heavy (non-hydrogen) atoms. The van der Waals surface area contributed by atoms with Gasteiger partial charge < -0.3 is 15.2 Å². The van der Waals surface area contributed by atoms with E-state index in [1.165, 1.54) is 7.11 Å². The maximum absolute atomic E-state index is 9.61. The highest BCUT2D eigenvalue weighted by molar-refractivity contribution is 14.1. The first-order valence-corrected chi connectivity index (χ1v) is 6.07. The highest BCUT2D eigenvalue weighted by Crippen LogP contribution is 2.23. The van der Waals surface area contributed by atoms with E-state index in [0.717, 1.165) is 17.8 Å². The van der Waals surface area contributed by atoms with Gasteiger partial charge in [0.15, 0.2) is 6.29 Å². The SMILES string of the molecule is COC(O)c1ccccc1NCC(C)I. The van der Waals surface area contributed by atoms with Crippen molar-refractivity contribution in [3.05, 3.63) is 29.8 Å². The Bertz CT molecular complexity index is 304. The third kappa shape index (κ3) is 3.96. The maximum Gasteiger partial charge on any atom is 0.182 e. The molecule has 3 nitrogen and oxygen atoms in total. The van der Waals surface area contributed by atoms with Gasteiger partial charge in [0, 0.05) is 28.8 Å². The number of hydrogen-bond acceptors (Lipinski definition) is 3. The molecule has 1 aromatic rings. The Hall–Kier alpha value is -0.330. The number of methoxy groups -OCH3 is 1. The summed E-state index contributed by atoms with van der Waals surface area (Å²) in [7, 11) is 1.49. The van der Waals surface area contributed by atoms with Crippen molar-refractivity contribution in [2.45, 2.75) is 17.1 Å². The first kappa shape index (κ1) is 12.7. The molecule has 1 aromatic carbocycles. The Labute approximate surface area is 104 Å². The zero-order valence-electron chi connectivity index (χ0n) is 8.90. The smallest absolute Gasteiger partial charge is 0.182 e. The van der Waals surface area contributed by atoms with Crippen LogP contribution < -0.4 is 5.32 Å². The normalized spacial score (nSPS) is 14.7. The van der Waals surface area contributed by atoms with Crippen molar-refractivity contribution in [3.8, 4) is 0 Å². The monoisotopic (exact) mass is 321 g/mol. The molecule has 0 fully saturated rings. The topological polar surface area (TPSA) is 41.5 Å². The van der Waals surface area contributed by atoms with Crippen LogP contribution in [0.3, 0.4) is 0 Å². The fraction of sp³-hybridized carbons (Fsp3) is 0.455. The number of rotatable bonds is 5. The lowest BCUT2D eigenvalue weighted by atomic mass is 10.1. The summed E-state index contributed by atoms with van der Waals surface area (Å²) in [6, 6.07) is 7.62. The van der Waals surface area contributed by atoms with Gasteiger partial charge in [-0.25, -0.2) is 0 Å². The van der Waals surface area contributed by atoms with Gasteiger partial charge in [-0.15, -0.1) is 0 Å². The summed E-state index contributed by atoms with van der Waals surface area (Å²) in [5.41, 5.74) is 1.70. The Morgan fingerprint density at radius 1 is 1.47 bits per heavy atom. The van der Waals surface area contributed by atoms with Gasteiger partial charge in [-0.3, -0.25) is 0 Å². The summed E-state index contributed by atoms with van der Waals surface area (Å²) in [5.74, 6) is 0. The number of ether oxygens (including phenoxy) is 1. The third-order valence-electron chi connectivity index (χ3n) is 2.02. The summed E-state index contributed by atoms with van der Waals surface area (Å²) >= 11 is 2.35. The molecule has 4 heteroatoms. The standard InChI is InChI=1S/C11H16INO2/c1-8(12)7-13-10-6-4-3-5-9(10)11(14)15-2/h3-6,8,11,13-14H,7H2,1-2H3. The van der Waals surface area contributed by atoms with Crippen molar-refractivity contribution in [3.63, 3.8) is 0 Å². The highest BCUT2D eigenvalue weighted by atomic mass is 127. The Morgan fingerprint density at radius 3 is 2.73 bits per heavy atom. The summed E-state index contributed by atoms with van der Waals surface area (Å²) in [6.45, 7) is 3.00.